The van der Waals surface area contributed by atoms with E-state index in [4.69, 9.17) is 20.9 Å². The maximum absolute atomic E-state index is 6.23. The number of benzene rings is 2. The van der Waals surface area contributed by atoms with Crippen LogP contribution >= 0.6 is 11.6 Å². The molecule has 0 N–H and O–H groups in total. The van der Waals surface area contributed by atoms with E-state index in [2.05, 4.69) is 16.2 Å². The maximum Gasteiger partial charge on any atom is 0.258 e. The van der Waals surface area contributed by atoms with E-state index < -0.39 is 0 Å². The number of nitrogens with zero attached hydrogens (tertiary/aromatic N) is 2. The highest BCUT2D eigenvalue weighted by molar-refractivity contribution is 6.32. The molecule has 0 aliphatic carbocycles. The van der Waals surface area contributed by atoms with Gasteiger partial charge in [-0.15, -0.1) is 0 Å². The zero-order chi connectivity index (χ0) is 15.5. The van der Waals surface area contributed by atoms with Gasteiger partial charge in [0.05, 0.1) is 11.1 Å². The normalized spacial score (nSPS) is 10.9. The number of rotatable bonds is 4. The van der Waals surface area contributed by atoms with Crippen LogP contribution in [-0.4, -0.2) is 16.2 Å². The predicted octanol–water partition coefficient (Wildman–Crippen LogP) is 4.64. The van der Waals surface area contributed by atoms with E-state index in [0.717, 1.165) is 11.1 Å². The molecule has 0 fully saturated rings. The number of aromatic nitrogens is 2. The van der Waals surface area contributed by atoms with Crippen LogP contribution in [0, 0.1) is 6.07 Å². The second kappa shape index (κ2) is 6.20. The van der Waals surface area contributed by atoms with Crippen LogP contribution in [0.25, 0.3) is 22.8 Å². The van der Waals surface area contributed by atoms with Gasteiger partial charge in [-0.05, 0) is 50.2 Å². The van der Waals surface area contributed by atoms with Gasteiger partial charge in [0.1, 0.15) is 5.75 Å². The van der Waals surface area contributed by atoms with Gasteiger partial charge in [-0.3, -0.25) is 0 Å². The van der Waals surface area contributed by atoms with E-state index in [1.54, 1.807) is 12.1 Å². The molecule has 1 heterocycles. The van der Waals surface area contributed by atoms with E-state index in [-0.39, 0.29) is 6.10 Å². The minimum Gasteiger partial charge on any atom is -0.489 e. The molecule has 0 aliphatic heterocycles. The monoisotopic (exact) mass is 313 g/mol. The largest absolute Gasteiger partial charge is 0.489 e. The molecule has 1 aromatic heterocycles. The molecule has 0 unspecified atom stereocenters. The van der Waals surface area contributed by atoms with Crippen LogP contribution in [0.4, 0.5) is 0 Å². The minimum atomic E-state index is 0.0643. The first-order chi connectivity index (χ1) is 10.6. The molecule has 111 valence electrons. The van der Waals surface area contributed by atoms with Gasteiger partial charge >= 0.3 is 0 Å². The first-order valence-corrected chi connectivity index (χ1v) is 7.28. The fourth-order valence-electron chi connectivity index (χ4n) is 1.97. The van der Waals surface area contributed by atoms with Crippen molar-refractivity contribution in [1.82, 2.24) is 10.1 Å². The Morgan fingerprint density at radius 3 is 2.77 bits per heavy atom. The van der Waals surface area contributed by atoms with Gasteiger partial charge in [0.25, 0.3) is 5.89 Å². The van der Waals surface area contributed by atoms with Gasteiger partial charge in [-0.2, -0.15) is 4.98 Å². The Labute approximate surface area is 133 Å². The molecular weight excluding hydrogens is 300 g/mol. The van der Waals surface area contributed by atoms with Crippen molar-refractivity contribution in [3.8, 4) is 28.6 Å². The number of hydrogen-bond acceptors (Lipinski definition) is 4. The quantitative estimate of drug-likeness (QED) is 0.703. The van der Waals surface area contributed by atoms with Crippen molar-refractivity contribution in [2.75, 3.05) is 0 Å². The molecule has 3 rings (SSSR count). The third-order valence-corrected chi connectivity index (χ3v) is 3.23. The fourth-order valence-corrected chi connectivity index (χ4v) is 2.20. The summed E-state index contributed by atoms with van der Waals surface area (Å²) in [7, 11) is 0. The van der Waals surface area contributed by atoms with Crippen molar-refractivity contribution >= 4 is 11.6 Å². The third kappa shape index (κ3) is 3.12. The zero-order valence-electron chi connectivity index (χ0n) is 12.2. The maximum atomic E-state index is 6.23. The molecule has 0 saturated carbocycles. The summed E-state index contributed by atoms with van der Waals surface area (Å²) in [4.78, 5) is 4.39. The van der Waals surface area contributed by atoms with Crippen molar-refractivity contribution in [3.05, 3.63) is 53.6 Å². The van der Waals surface area contributed by atoms with Gasteiger partial charge in [0.15, 0.2) is 0 Å². The van der Waals surface area contributed by atoms with Crippen molar-refractivity contribution in [3.63, 3.8) is 0 Å². The van der Waals surface area contributed by atoms with Crippen molar-refractivity contribution in [2.24, 2.45) is 0 Å². The highest BCUT2D eigenvalue weighted by atomic mass is 35.5. The van der Waals surface area contributed by atoms with Crippen LogP contribution in [0.15, 0.2) is 47.0 Å². The van der Waals surface area contributed by atoms with Crippen molar-refractivity contribution in [1.29, 1.82) is 0 Å². The molecule has 5 heteroatoms. The molecule has 3 aromatic rings. The molecule has 4 nitrogen and oxygen atoms in total. The average molecular weight is 314 g/mol. The summed E-state index contributed by atoms with van der Waals surface area (Å²) in [6, 6.07) is 15.8. The van der Waals surface area contributed by atoms with E-state index in [1.165, 1.54) is 0 Å². The van der Waals surface area contributed by atoms with Crippen LogP contribution in [0.1, 0.15) is 13.8 Å². The minimum absolute atomic E-state index is 0.0643. The van der Waals surface area contributed by atoms with Crippen LogP contribution in [0.5, 0.6) is 5.75 Å². The Morgan fingerprint density at radius 2 is 2.09 bits per heavy atom. The van der Waals surface area contributed by atoms with Gasteiger partial charge in [0.2, 0.25) is 5.82 Å². The van der Waals surface area contributed by atoms with E-state index in [0.29, 0.717) is 22.5 Å². The lowest BCUT2D eigenvalue weighted by atomic mass is 10.2. The van der Waals surface area contributed by atoms with Crippen LogP contribution in [0.2, 0.25) is 5.02 Å². The summed E-state index contributed by atoms with van der Waals surface area (Å²) in [6.45, 7) is 3.90. The molecule has 0 aliphatic rings. The highest BCUT2D eigenvalue weighted by Gasteiger charge is 2.12. The van der Waals surface area contributed by atoms with E-state index >= 15 is 0 Å². The molecule has 1 radical (unpaired) electrons. The first-order valence-electron chi connectivity index (χ1n) is 6.90. The molecule has 0 amide bonds. The van der Waals surface area contributed by atoms with Gasteiger partial charge < -0.3 is 9.26 Å². The zero-order valence-corrected chi connectivity index (χ0v) is 13.0. The molecule has 0 bridgehead atoms. The van der Waals surface area contributed by atoms with E-state index in [9.17, 15) is 0 Å². The Hall–Kier alpha value is -2.33. The first kappa shape index (κ1) is 14.6. The lowest BCUT2D eigenvalue weighted by molar-refractivity contribution is 0.242. The van der Waals surface area contributed by atoms with Crippen LogP contribution in [0.3, 0.4) is 0 Å². The fraction of sp³-hybridized carbons (Fsp3) is 0.176. The Morgan fingerprint density at radius 1 is 1.23 bits per heavy atom. The number of halogens is 1. The van der Waals surface area contributed by atoms with Crippen LogP contribution in [-0.2, 0) is 0 Å². The second-order valence-corrected chi connectivity index (χ2v) is 5.43. The van der Waals surface area contributed by atoms with Crippen molar-refractivity contribution in [2.45, 2.75) is 20.0 Å². The lowest BCUT2D eigenvalue weighted by Crippen LogP contribution is -2.05. The Kier molecular flexibility index (Phi) is 4.11. The molecular formula is C17H14ClN2O2. The summed E-state index contributed by atoms with van der Waals surface area (Å²) in [5.74, 6) is 1.57. The Balaban J connectivity index is 1.89. The predicted molar refractivity (Wildman–Crippen MR) is 84.8 cm³/mol. The van der Waals surface area contributed by atoms with Crippen LogP contribution < -0.4 is 4.74 Å². The Bertz CT molecular complexity index is 769. The average Bonchev–Trinajstić information content (AvgIpc) is 3.00. The third-order valence-electron chi connectivity index (χ3n) is 2.93. The topological polar surface area (TPSA) is 48.2 Å². The molecule has 0 spiro atoms. The van der Waals surface area contributed by atoms with Crippen molar-refractivity contribution < 1.29 is 9.26 Å². The molecule has 0 atom stereocenters. The molecule has 22 heavy (non-hydrogen) atoms. The highest BCUT2D eigenvalue weighted by Crippen LogP contribution is 2.30. The summed E-state index contributed by atoms with van der Waals surface area (Å²) in [6.07, 6.45) is 0.0643. The summed E-state index contributed by atoms with van der Waals surface area (Å²) < 4.78 is 10.9. The van der Waals surface area contributed by atoms with Gasteiger partial charge in [-0.25, -0.2) is 0 Å². The second-order valence-electron chi connectivity index (χ2n) is 5.03. The van der Waals surface area contributed by atoms with Gasteiger partial charge in [0, 0.05) is 11.1 Å². The van der Waals surface area contributed by atoms with Gasteiger partial charge in [-0.1, -0.05) is 28.9 Å². The standard InChI is InChI=1S/C17H14ClN2O2/c1-11(2)21-15-9-8-13(10-14(15)18)16-19-17(22-20-16)12-6-4-3-5-7-12/h3-4,6-11H,1-2H3. The summed E-state index contributed by atoms with van der Waals surface area (Å²) in [5.41, 5.74) is 1.60. The summed E-state index contributed by atoms with van der Waals surface area (Å²) >= 11 is 6.23. The number of ether oxygens (including phenoxy) is 1. The molecule has 0 saturated heterocycles. The lowest BCUT2D eigenvalue weighted by Gasteiger charge is -2.11. The number of hydrogen-bond donors (Lipinski definition) is 0. The smallest absolute Gasteiger partial charge is 0.258 e. The summed E-state index contributed by atoms with van der Waals surface area (Å²) in [5, 5.41) is 4.51. The SMILES string of the molecule is CC(C)Oc1ccc(-c2noc(-c3c[c]ccc3)n2)cc1Cl. The molecule has 2 aromatic carbocycles. The van der Waals surface area contributed by atoms with E-state index in [1.807, 2.05) is 44.2 Å².